The molecule has 27 valence electrons. The second-order valence-corrected chi connectivity index (χ2v) is 0. The number of hydrogen-bond donors (Lipinski definition) is 1. The first-order valence-corrected chi connectivity index (χ1v) is 0. The molecule has 0 bridgehead atoms. The minimum Gasteiger partial charge on any atom is -0.344 e. The van der Waals surface area contributed by atoms with Crippen molar-refractivity contribution in [2.75, 3.05) is 0 Å². The molecule has 0 heterocycles. The van der Waals surface area contributed by atoms with E-state index in [2.05, 4.69) is 0 Å². The average Bonchev–Trinajstić information content (AvgIpc) is 0. The molecule has 0 spiro atoms. The molecule has 0 saturated heterocycles. The Morgan fingerprint density at radius 3 is 1.00 bits per heavy atom. The normalized spacial score (nSPS) is 0. The van der Waals surface area contributed by atoms with Crippen molar-refractivity contribution in [3.63, 3.8) is 0 Å². The molecule has 0 unspecified atom stereocenters. The van der Waals surface area contributed by atoms with Crippen LogP contribution in [-0.2, 0) is 0 Å². The Labute approximate surface area is 27.9 Å². The van der Waals surface area contributed by atoms with Crippen molar-refractivity contribution in [3.8, 4) is 0 Å². The maximum absolute atomic E-state index is 0. The molecule has 0 aliphatic carbocycles. The summed E-state index contributed by atoms with van der Waals surface area (Å²) in [6.45, 7) is 0. The fourth-order valence-electron chi connectivity index (χ4n) is 0. The highest BCUT2D eigenvalue weighted by molar-refractivity contribution is 5.75. The summed E-state index contributed by atoms with van der Waals surface area (Å²) in [4.78, 5) is 0. The summed E-state index contributed by atoms with van der Waals surface area (Å²) in [5.74, 6) is 0. The van der Waals surface area contributed by atoms with Gasteiger partial charge in [0.1, 0.15) is 0 Å². The van der Waals surface area contributed by atoms with E-state index in [9.17, 15) is 0 Å². The van der Waals surface area contributed by atoms with Crippen molar-refractivity contribution in [2.24, 2.45) is 0 Å². The van der Waals surface area contributed by atoms with Crippen LogP contribution in [0.1, 0.15) is 7.43 Å². The predicted molar refractivity (Wildman–Crippen MR) is 20.0 cm³/mol. The SMILES string of the molecule is C.F.N.[B]. The summed E-state index contributed by atoms with van der Waals surface area (Å²) in [6, 6.07) is 0. The van der Waals surface area contributed by atoms with Crippen LogP contribution in [0, 0.1) is 0 Å². The van der Waals surface area contributed by atoms with Gasteiger partial charge in [0, 0.05) is 8.41 Å². The third-order valence-corrected chi connectivity index (χ3v) is 0. The van der Waals surface area contributed by atoms with Crippen LogP contribution >= 0.6 is 0 Å². The number of hydrogen-bond acceptors (Lipinski definition) is 1. The maximum Gasteiger partial charge on any atom is 0 e. The largest absolute Gasteiger partial charge is 0.344 e. The van der Waals surface area contributed by atoms with Crippen molar-refractivity contribution in [2.45, 2.75) is 7.43 Å². The van der Waals surface area contributed by atoms with Crippen LogP contribution in [-0.4, -0.2) is 8.41 Å². The highest BCUT2D eigenvalue weighted by Crippen LogP contribution is 0.420. The van der Waals surface area contributed by atoms with Crippen LogP contribution in [0.3, 0.4) is 0 Å². The lowest BCUT2D eigenvalue weighted by Crippen LogP contribution is -0.481. The Morgan fingerprint density at radius 2 is 1.00 bits per heavy atom. The number of halogens is 1. The van der Waals surface area contributed by atoms with Gasteiger partial charge < -0.3 is 6.15 Å². The van der Waals surface area contributed by atoms with Crippen LogP contribution in [0.4, 0.5) is 4.70 Å². The summed E-state index contributed by atoms with van der Waals surface area (Å²) in [6.07, 6.45) is 0. The molecule has 0 aliphatic heterocycles. The third kappa shape index (κ3) is 878. The minimum absolute atomic E-state index is 0. The standard InChI is InChI=1S/CH4.B.FH.H3N/h1H4;;1H;1H3. The van der Waals surface area contributed by atoms with Crippen molar-refractivity contribution in [1.29, 1.82) is 0 Å². The summed E-state index contributed by atoms with van der Waals surface area (Å²) in [5.41, 5.74) is 0. The predicted octanol–water partition coefficient (Wildman–Crippen LogP) is 0.570. The van der Waals surface area contributed by atoms with Gasteiger partial charge in [-0.1, -0.05) is 7.43 Å². The lowest BCUT2D eigenvalue weighted by molar-refractivity contribution is 1.11. The van der Waals surface area contributed by atoms with Gasteiger partial charge in [-0.15, -0.1) is 0 Å². The third-order valence-electron chi connectivity index (χ3n) is 0. The van der Waals surface area contributed by atoms with Gasteiger partial charge in [-0.2, -0.15) is 0 Å². The molecule has 3 radical (unpaired) electrons. The second-order valence-electron chi connectivity index (χ2n) is 0. The van der Waals surface area contributed by atoms with Crippen LogP contribution in [0.5, 0.6) is 0 Å². The second kappa shape index (κ2) is 5560. The van der Waals surface area contributed by atoms with Crippen molar-refractivity contribution in [1.82, 2.24) is 6.15 Å². The van der Waals surface area contributed by atoms with E-state index in [1.165, 1.54) is 0 Å². The summed E-state index contributed by atoms with van der Waals surface area (Å²) in [7, 11) is 0. The highest BCUT2D eigenvalue weighted by Gasteiger charge is 0.0000197. The molecule has 0 amide bonds. The molecular formula is CH8BFN. The molecule has 0 saturated carbocycles. The molecule has 0 rings (SSSR count). The molecular weight excluding hydrogens is 55.8 g/mol. The van der Waals surface area contributed by atoms with E-state index < -0.39 is 0 Å². The van der Waals surface area contributed by atoms with Crippen molar-refractivity contribution < 1.29 is 4.70 Å². The Bertz CT molecular complexity index is 8.00. The zero-order valence-electron chi connectivity index (χ0n) is 1.69. The molecule has 1 nitrogen and oxygen atoms in total. The van der Waals surface area contributed by atoms with Crippen LogP contribution in [0.15, 0.2) is 0 Å². The van der Waals surface area contributed by atoms with E-state index in [0.717, 1.165) is 0 Å². The molecule has 0 aliphatic rings. The highest BCUT2D eigenvalue weighted by atomic mass is 19.0. The summed E-state index contributed by atoms with van der Waals surface area (Å²) >= 11 is 0. The Kier molecular flexibility index (Phi) is 23600000. The first-order valence-electron chi connectivity index (χ1n) is 0. The minimum atomic E-state index is 0. The molecule has 3 N–H and O–H groups in total. The average molecular weight is 63.9 g/mol. The van der Waals surface area contributed by atoms with Gasteiger partial charge >= 0.3 is 0 Å². The van der Waals surface area contributed by atoms with Crippen molar-refractivity contribution >= 4 is 8.41 Å². The van der Waals surface area contributed by atoms with Crippen LogP contribution < -0.4 is 6.15 Å². The smallest absolute Gasteiger partial charge is 0 e. The van der Waals surface area contributed by atoms with Crippen LogP contribution in [0.2, 0.25) is 0 Å². The fraction of sp³-hybridized carbons (Fsp3) is 1.00. The first kappa shape index (κ1) is 17000. The van der Waals surface area contributed by atoms with Gasteiger partial charge in [0.25, 0.3) is 0 Å². The zero-order valence-corrected chi connectivity index (χ0v) is 1.69. The van der Waals surface area contributed by atoms with Gasteiger partial charge in [-0.3, -0.25) is 4.70 Å². The molecule has 0 aromatic carbocycles. The van der Waals surface area contributed by atoms with Gasteiger partial charge in [0.15, 0.2) is 0 Å². The molecule has 0 fully saturated rings. The summed E-state index contributed by atoms with van der Waals surface area (Å²) in [5, 5.41) is 0. The lowest BCUT2D eigenvalue weighted by Gasteiger charge is -0.344. The fourth-order valence-corrected chi connectivity index (χ4v) is 0. The maximum atomic E-state index is 0. The lowest BCUT2D eigenvalue weighted by atomic mass is 10.8. The first-order chi connectivity index (χ1) is 0. The zero-order chi connectivity index (χ0) is 0. The van der Waals surface area contributed by atoms with E-state index in [1.54, 1.807) is 0 Å². The van der Waals surface area contributed by atoms with Gasteiger partial charge in [-0.05, 0) is 0 Å². The molecule has 0 atom stereocenters. The Hall–Kier alpha value is -0.0451. The molecule has 0 aromatic rings. The molecule has 0 aromatic heterocycles. The van der Waals surface area contributed by atoms with E-state index in [-0.39, 0.29) is 26.7 Å². The van der Waals surface area contributed by atoms with Crippen LogP contribution in [0.25, 0.3) is 0 Å². The van der Waals surface area contributed by atoms with E-state index >= 15 is 0 Å². The Balaban J connectivity index is 0. The van der Waals surface area contributed by atoms with E-state index in [0.29, 0.717) is 0 Å². The number of rotatable bonds is 0. The quantitative estimate of drug-likeness (QED) is 0.410. The van der Waals surface area contributed by atoms with E-state index in [1.807, 2.05) is 0 Å². The monoisotopic (exact) mass is 64.1 g/mol. The van der Waals surface area contributed by atoms with E-state index in [4.69, 9.17) is 0 Å². The van der Waals surface area contributed by atoms with Gasteiger partial charge in [0.05, 0.1) is 0 Å². The summed E-state index contributed by atoms with van der Waals surface area (Å²) < 4.78 is 0. The Morgan fingerprint density at radius 1 is 1.00 bits per heavy atom. The van der Waals surface area contributed by atoms with Crippen molar-refractivity contribution in [3.05, 3.63) is 0 Å². The van der Waals surface area contributed by atoms with Gasteiger partial charge in [0.2, 0.25) is 0 Å². The molecule has 3 heteroatoms. The van der Waals surface area contributed by atoms with Gasteiger partial charge in [-0.25, -0.2) is 0 Å². The topological polar surface area (TPSA) is 35.0 Å². The molecule has 4 heavy (non-hydrogen) atoms.